The summed E-state index contributed by atoms with van der Waals surface area (Å²) in [7, 11) is 0. The Morgan fingerprint density at radius 3 is 3.24 bits per heavy atom. The predicted octanol–water partition coefficient (Wildman–Crippen LogP) is 2.00. The maximum atomic E-state index is 11.9. The van der Waals surface area contributed by atoms with E-state index in [9.17, 15) is 4.79 Å². The lowest BCUT2D eigenvalue weighted by Crippen LogP contribution is -2.33. The van der Waals surface area contributed by atoms with E-state index in [-0.39, 0.29) is 5.91 Å². The summed E-state index contributed by atoms with van der Waals surface area (Å²) in [6.07, 6.45) is 3.81. The zero-order valence-corrected chi connectivity index (χ0v) is 11.1. The first-order valence-electron chi connectivity index (χ1n) is 5.74. The molecule has 92 valence electrons. The zero-order chi connectivity index (χ0) is 12.1. The fraction of sp³-hybridized carbons (Fsp3) is 0.500. The van der Waals surface area contributed by atoms with Crippen molar-refractivity contribution >= 4 is 21.8 Å². The zero-order valence-electron chi connectivity index (χ0n) is 9.49. The average Bonchev–Trinajstić information content (AvgIpc) is 2.38. The number of hydrogen-bond acceptors (Lipinski definition) is 3. The summed E-state index contributed by atoms with van der Waals surface area (Å²) in [5.74, 6) is 0.290. The van der Waals surface area contributed by atoms with Crippen LogP contribution < -0.4 is 5.32 Å². The van der Waals surface area contributed by atoms with Crippen molar-refractivity contribution in [2.75, 3.05) is 19.8 Å². The Morgan fingerprint density at radius 2 is 2.53 bits per heavy atom. The number of carbonyl (C=O) groups excluding carboxylic acids is 1. The van der Waals surface area contributed by atoms with Crippen LogP contribution in [0.2, 0.25) is 0 Å². The Hall–Kier alpha value is -0.940. The van der Waals surface area contributed by atoms with E-state index in [2.05, 4.69) is 26.2 Å². The number of nitrogens with one attached hydrogen (secondary N) is 1. The molecule has 1 fully saturated rings. The van der Waals surface area contributed by atoms with Crippen molar-refractivity contribution in [3.63, 3.8) is 0 Å². The third-order valence-corrected chi connectivity index (χ3v) is 3.42. The average molecular weight is 299 g/mol. The van der Waals surface area contributed by atoms with Crippen molar-refractivity contribution in [1.82, 2.24) is 10.3 Å². The van der Waals surface area contributed by atoms with Gasteiger partial charge in [0, 0.05) is 23.8 Å². The second kappa shape index (κ2) is 6.12. The fourth-order valence-electron chi connectivity index (χ4n) is 1.84. The van der Waals surface area contributed by atoms with E-state index in [1.807, 2.05) is 6.07 Å². The minimum absolute atomic E-state index is 0.136. The smallest absolute Gasteiger partial charge is 0.271 e. The number of pyridine rings is 1. The maximum absolute atomic E-state index is 11.9. The topological polar surface area (TPSA) is 51.2 Å². The second-order valence-electron chi connectivity index (χ2n) is 4.13. The standard InChI is InChI=1S/C12H15BrN2O2/c13-10-4-1-5-14-11(10)12(16)15-7-9-3-2-6-17-8-9/h1,4-5,9H,2-3,6-8H2,(H,15,16). The fourth-order valence-corrected chi connectivity index (χ4v) is 2.28. The van der Waals surface area contributed by atoms with E-state index in [4.69, 9.17) is 4.74 Å². The van der Waals surface area contributed by atoms with Crippen molar-refractivity contribution < 1.29 is 9.53 Å². The molecule has 0 radical (unpaired) electrons. The van der Waals surface area contributed by atoms with Gasteiger partial charge in [0.05, 0.1) is 6.61 Å². The van der Waals surface area contributed by atoms with E-state index in [0.717, 1.165) is 30.5 Å². The summed E-state index contributed by atoms with van der Waals surface area (Å²) >= 11 is 3.31. The quantitative estimate of drug-likeness (QED) is 0.929. The van der Waals surface area contributed by atoms with Gasteiger partial charge in [-0.25, -0.2) is 4.98 Å². The number of hydrogen-bond donors (Lipinski definition) is 1. The number of halogens is 1. The van der Waals surface area contributed by atoms with Crippen LogP contribution in [0.15, 0.2) is 22.8 Å². The summed E-state index contributed by atoms with van der Waals surface area (Å²) in [4.78, 5) is 15.9. The van der Waals surface area contributed by atoms with Gasteiger partial charge < -0.3 is 10.1 Å². The summed E-state index contributed by atoms with van der Waals surface area (Å²) in [6.45, 7) is 2.24. The van der Waals surface area contributed by atoms with E-state index in [1.165, 1.54) is 0 Å². The molecule has 1 saturated heterocycles. The molecule has 4 nitrogen and oxygen atoms in total. The Bertz CT molecular complexity index is 392. The third kappa shape index (κ3) is 3.51. The van der Waals surface area contributed by atoms with Gasteiger partial charge in [0.25, 0.3) is 5.91 Å². The van der Waals surface area contributed by atoms with Crippen LogP contribution in [-0.2, 0) is 4.74 Å². The highest BCUT2D eigenvalue weighted by Gasteiger charge is 2.16. The highest BCUT2D eigenvalue weighted by Crippen LogP contribution is 2.14. The third-order valence-electron chi connectivity index (χ3n) is 2.78. The molecule has 1 aliphatic rings. The van der Waals surface area contributed by atoms with E-state index in [1.54, 1.807) is 12.3 Å². The number of aromatic nitrogens is 1. The Labute approximate surface area is 109 Å². The lowest BCUT2D eigenvalue weighted by atomic mass is 10.0. The van der Waals surface area contributed by atoms with Crippen molar-refractivity contribution in [3.05, 3.63) is 28.5 Å². The van der Waals surface area contributed by atoms with Crippen molar-refractivity contribution in [2.24, 2.45) is 5.92 Å². The Balaban J connectivity index is 1.87. The molecular weight excluding hydrogens is 284 g/mol. The van der Waals surface area contributed by atoms with Gasteiger partial charge in [-0.2, -0.15) is 0 Å². The molecule has 1 aromatic rings. The molecule has 0 aliphatic carbocycles. The molecule has 2 heterocycles. The highest BCUT2D eigenvalue weighted by molar-refractivity contribution is 9.10. The first kappa shape index (κ1) is 12.5. The summed E-state index contributed by atoms with van der Waals surface area (Å²) in [5, 5.41) is 2.90. The monoisotopic (exact) mass is 298 g/mol. The molecule has 1 N–H and O–H groups in total. The molecule has 0 bridgehead atoms. The summed E-state index contributed by atoms with van der Waals surface area (Å²) in [5.41, 5.74) is 0.434. The van der Waals surface area contributed by atoms with Gasteiger partial charge in [-0.3, -0.25) is 4.79 Å². The lowest BCUT2D eigenvalue weighted by Gasteiger charge is -2.22. The van der Waals surface area contributed by atoms with Crippen molar-refractivity contribution in [2.45, 2.75) is 12.8 Å². The van der Waals surface area contributed by atoms with Crippen LogP contribution in [0, 0.1) is 5.92 Å². The van der Waals surface area contributed by atoms with E-state index >= 15 is 0 Å². The van der Waals surface area contributed by atoms with Gasteiger partial charge in [-0.05, 0) is 46.8 Å². The van der Waals surface area contributed by atoms with Gasteiger partial charge in [-0.15, -0.1) is 0 Å². The number of carbonyl (C=O) groups is 1. The second-order valence-corrected chi connectivity index (χ2v) is 4.98. The molecule has 0 saturated carbocycles. The van der Waals surface area contributed by atoms with Gasteiger partial charge in [0.1, 0.15) is 5.69 Å². The van der Waals surface area contributed by atoms with Crippen LogP contribution >= 0.6 is 15.9 Å². The Morgan fingerprint density at radius 1 is 1.65 bits per heavy atom. The molecule has 1 atom stereocenters. The summed E-state index contributed by atoms with van der Waals surface area (Å²) < 4.78 is 6.09. The lowest BCUT2D eigenvalue weighted by molar-refractivity contribution is 0.0535. The molecule has 1 unspecified atom stereocenters. The van der Waals surface area contributed by atoms with Gasteiger partial charge in [-0.1, -0.05) is 0 Å². The van der Waals surface area contributed by atoms with Crippen LogP contribution in [0.1, 0.15) is 23.3 Å². The molecular formula is C12H15BrN2O2. The van der Waals surface area contributed by atoms with Crippen LogP contribution in [0.4, 0.5) is 0 Å². The SMILES string of the molecule is O=C(NCC1CCCOC1)c1ncccc1Br. The minimum atomic E-state index is -0.136. The van der Waals surface area contributed by atoms with Crippen LogP contribution in [0.25, 0.3) is 0 Å². The summed E-state index contributed by atoms with van der Waals surface area (Å²) in [6, 6.07) is 3.60. The predicted molar refractivity (Wildman–Crippen MR) is 67.8 cm³/mol. The number of rotatable bonds is 3. The molecule has 0 spiro atoms. The van der Waals surface area contributed by atoms with Crippen LogP contribution in [-0.4, -0.2) is 30.6 Å². The first-order chi connectivity index (χ1) is 8.27. The normalized spacial score (nSPS) is 19.9. The Kier molecular flexibility index (Phi) is 4.50. The van der Waals surface area contributed by atoms with Crippen molar-refractivity contribution in [3.8, 4) is 0 Å². The van der Waals surface area contributed by atoms with Gasteiger partial charge in [0.2, 0.25) is 0 Å². The first-order valence-corrected chi connectivity index (χ1v) is 6.53. The number of nitrogens with zero attached hydrogens (tertiary/aromatic N) is 1. The molecule has 1 aliphatic heterocycles. The van der Waals surface area contributed by atoms with Crippen LogP contribution in [0.3, 0.4) is 0 Å². The number of amides is 1. The van der Waals surface area contributed by atoms with E-state index in [0.29, 0.717) is 18.2 Å². The minimum Gasteiger partial charge on any atom is -0.381 e. The molecule has 2 rings (SSSR count). The largest absolute Gasteiger partial charge is 0.381 e. The molecule has 17 heavy (non-hydrogen) atoms. The van der Waals surface area contributed by atoms with Crippen LogP contribution in [0.5, 0.6) is 0 Å². The van der Waals surface area contributed by atoms with E-state index < -0.39 is 0 Å². The molecule has 1 aromatic heterocycles. The van der Waals surface area contributed by atoms with Crippen molar-refractivity contribution in [1.29, 1.82) is 0 Å². The number of ether oxygens (including phenoxy) is 1. The molecule has 1 amide bonds. The highest BCUT2D eigenvalue weighted by atomic mass is 79.9. The molecule has 5 heteroatoms. The molecule has 0 aromatic carbocycles. The van der Waals surface area contributed by atoms with Gasteiger partial charge in [0.15, 0.2) is 0 Å². The maximum Gasteiger partial charge on any atom is 0.271 e. The van der Waals surface area contributed by atoms with Gasteiger partial charge >= 0.3 is 0 Å².